The van der Waals surface area contributed by atoms with Crippen LogP contribution in [0.2, 0.25) is 5.02 Å². The van der Waals surface area contributed by atoms with Gasteiger partial charge >= 0.3 is 0 Å². The molecule has 3 aromatic rings. The van der Waals surface area contributed by atoms with E-state index in [-0.39, 0.29) is 23.4 Å². The molecule has 1 heterocycles. The van der Waals surface area contributed by atoms with Gasteiger partial charge in [0.15, 0.2) is 0 Å². The highest BCUT2D eigenvalue weighted by atomic mass is 35.5. The number of ether oxygens (including phenoxy) is 1. The van der Waals surface area contributed by atoms with Crippen LogP contribution in [0.5, 0.6) is 5.75 Å². The van der Waals surface area contributed by atoms with E-state index in [4.69, 9.17) is 16.3 Å². The number of anilines is 2. The van der Waals surface area contributed by atoms with Crippen LogP contribution in [-0.4, -0.2) is 34.0 Å². The Balaban J connectivity index is 1.73. The zero-order chi connectivity index (χ0) is 22.9. The molecule has 1 amide bonds. The van der Waals surface area contributed by atoms with Crippen molar-refractivity contribution >= 4 is 38.9 Å². The third kappa shape index (κ3) is 4.18. The summed E-state index contributed by atoms with van der Waals surface area (Å²) in [5.41, 5.74) is 2.21. The monoisotopic (exact) mass is 470 g/mol. The number of carbonyl (C=O) groups is 1. The second kappa shape index (κ2) is 8.84. The Kier molecular flexibility index (Phi) is 6.13. The summed E-state index contributed by atoms with van der Waals surface area (Å²) >= 11 is 6.14. The molecule has 0 bridgehead atoms. The van der Waals surface area contributed by atoms with Crippen LogP contribution < -0.4 is 13.9 Å². The van der Waals surface area contributed by atoms with Gasteiger partial charge in [-0.15, -0.1) is 0 Å². The zero-order valence-corrected chi connectivity index (χ0v) is 19.3. The van der Waals surface area contributed by atoms with Crippen molar-refractivity contribution in [2.75, 3.05) is 22.9 Å². The van der Waals surface area contributed by atoms with Gasteiger partial charge in [0.2, 0.25) is 5.91 Å². The Bertz CT molecular complexity index is 1240. The number of halogens is 1. The molecule has 8 heteroatoms. The van der Waals surface area contributed by atoms with E-state index in [1.54, 1.807) is 35.2 Å². The number of fused-ring (bicyclic) bond motifs is 1. The molecule has 32 heavy (non-hydrogen) atoms. The maximum Gasteiger partial charge on any atom is 0.264 e. The minimum Gasteiger partial charge on any atom is -0.497 e. The van der Waals surface area contributed by atoms with Crippen molar-refractivity contribution in [3.63, 3.8) is 0 Å². The number of carbonyl (C=O) groups excluding carboxylic acids is 1. The van der Waals surface area contributed by atoms with Crippen LogP contribution in [0.3, 0.4) is 0 Å². The average Bonchev–Trinajstić information content (AvgIpc) is 3.13. The van der Waals surface area contributed by atoms with Crippen molar-refractivity contribution in [1.82, 2.24) is 0 Å². The summed E-state index contributed by atoms with van der Waals surface area (Å²) in [5, 5.41) is 0.379. The van der Waals surface area contributed by atoms with E-state index in [1.165, 1.54) is 25.3 Å². The Morgan fingerprint density at radius 3 is 2.50 bits per heavy atom. The normalized spacial score (nSPS) is 15.3. The van der Waals surface area contributed by atoms with Crippen LogP contribution in [0.15, 0.2) is 77.7 Å². The zero-order valence-electron chi connectivity index (χ0n) is 17.7. The van der Waals surface area contributed by atoms with Gasteiger partial charge in [0.1, 0.15) is 12.3 Å². The van der Waals surface area contributed by atoms with E-state index in [0.29, 0.717) is 16.5 Å². The highest BCUT2D eigenvalue weighted by Crippen LogP contribution is 2.33. The summed E-state index contributed by atoms with van der Waals surface area (Å²) in [6.45, 7) is 1.60. The van der Waals surface area contributed by atoms with Crippen LogP contribution in [0.1, 0.15) is 12.5 Å². The van der Waals surface area contributed by atoms with Gasteiger partial charge in [-0.25, -0.2) is 8.42 Å². The molecule has 1 atom stereocenters. The number of sulfonamides is 1. The Morgan fingerprint density at radius 2 is 1.81 bits per heavy atom. The molecule has 1 aliphatic rings. The van der Waals surface area contributed by atoms with E-state index in [2.05, 4.69) is 0 Å². The van der Waals surface area contributed by atoms with Crippen molar-refractivity contribution in [1.29, 1.82) is 0 Å². The van der Waals surface area contributed by atoms with Gasteiger partial charge in [-0.3, -0.25) is 9.10 Å². The van der Waals surface area contributed by atoms with Crippen molar-refractivity contribution in [2.45, 2.75) is 24.3 Å². The first-order chi connectivity index (χ1) is 15.3. The third-order valence-corrected chi connectivity index (χ3v) is 7.52. The molecule has 0 saturated carbocycles. The van der Waals surface area contributed by atoms with Gasteiger partial charge < -0.3 is 9.64 Å². The topological polar surface area (TPSA) is 66.9 Å². The predicted molar refractivity (Wildman–Crippen MR) is 126 cm³/mol. The maximum atomic E-state index is 13.6. The van der Waals surface area contributed by atoms with E-state index in [0.717, 1.165) is 22.0 Å². The molecule has 0 unspecified atom stereocenters. The Morgan fingerprint density at radius 1 is 1.09 bits per heavy atom. The fraction of sp³-hybridized carbons (Fsp3) is 0.208. The molecule has 4 rings (SSSR count). The van der Waals surface area contributed by atoms with Crippen molar-refractivity contribution < 1.29 is 17.9 Å². The molecule has 0 radical (unpaired) electrons. The van der Waals surface area contributed by atoms with Crippen LogP contribution in [0, 0.1) is 0 Å². The summed E-state index contributed by atoms with van der Waals surface area (Å²) in [5.74, 6) is 0.233. The molecule has 0 aromatic heterocycles. The molecule has 6 nitrogen and oxygen atoms in total. The summed E-state index contributed by atoms with van der Waals surface area (Å²) in [4.78, 5) is 15.2. The molecule has 0 fully saturated rings. The van der Waals surface area contributed by atoms with Crippen LogP contribution in [0.25, 0.3) is 0 Å². The van der Waals surface area contributed by atoms with Gasteiger partial charge in [0.05, 0.1) is 17.7 Å². The van der Waals surface area contributed by atoms with E-state index >= 15 is 0 Å². The second-order valence-corrected chi connectivity index (χ2v) is 9.91. The minimum absolute atomic E-state index is 0.0564. The molecular formula is C24H23ClN2O4S. The SMILES string of the molecule is COc1ccc(S(=O)(=O)N(CC(=O)N2c3ccccc3C[C@H]2C)c2cccc(Cl)c2)cc1. The van der Waals surface area contributed by atoms with E-state index in [1.807, 2.05) is 31.2 Å². The first-order valence-corrected chi connectivity index (χ1v) is 12.0. The number of hydrogen-bond donors (Lipinski definition) is 0. The second-order valence-electron chi connectivity index (χ2n) is 7.61. The van der Waals surface area contributed by atoms with E-state index < -0.39 is 10.0 Å². The number of nitrogens with zero attached hydrogens (tertiary/aromatic N) is 2. The minimum atomic E-state index is -4.04. The first-order valence-electron chi connectivity index (χ1n) is 10.1. The number of rotatable bonds is 6. The van der Waals surface area contributed by atoms with Crippen LogP contribution in [-0.2, 0) is 21.2 Å². The lowest BCUT2D eigenvalue weighted by Gasteiger charge is -2.29. The smallest absolute Gasteiger partial charge is 0.264 e. The van der Waals surface area contributed by atoms with E-state index in [9.17, 15) is 13.2 Å². The largest absolute Gasteiger partial charge is 0.497 e. The summed E-state index contributed by atoms with van der Waals surface area (Å²) in [7, 11) is -2.53. The molecule has 0 N–H and O–H groups in total. The summed E-state index contributed by atoms with van der Waals surface area (Å²) < 4.78 is 33.4. The molecule has 0 spiro atoms. The van der Waals surface area contributed by atoms with Crippen LogP contribution >= 0.6 is 11.6 Å². The van der Waals surface area contributed by atoms with Gasteiger partial charge in [-0.2, -0.15) is 0 Å². The number of hydrogen-bond acceptors (Lipinski definition) is 4. The maximum absolute atomic E-state index is 13.6. The Hall–Kier alpha value is -3.03. The highest BCUT2D eigenvalue weighted by Gasteiger charge is 2.34. The van der Waals surface area contributed by atoms with Gasteiger partial charge in [-0.1, -0.05) is 35.9 Å². The number of benzene rings is 3. The molecule has 0 saturated heterocycles. The predicted octanol–water partition coefficient (Wildman–Crippen LogP) is 4.52. The molecular weight excluding hydrogens is 448 g/mol. The molecule has 166 valence electrons. The number of amides is 1. The quantitative estimate of drug-likeness (QED) is 0.531. The molecule has 3 aromatic carbocycles. The fourth-order valence-corrected chi connectivity index (χ4v) is 5.56. The lowest BCUT2D eigenvalue weighted by atomic mass is 10.1. The average molecular weight is 471 g/mol. The number of methoxy groups -OCH3 is 1. The standard InChI is InChI=1S/C24H23ClN2O4S/c1-17-14-18-6-3-4-9-23(18)27(17)24(28)16-26(20-8-5-7-19(25)15-20)32(29,30)22-12-10-21(31-2)11-13-22/h3-13,15,17H,14,16H2,1-2H3/t17-/m1/s1. The lowest BCUT2D eigenvalue weighted by molar-refractivity contribution is -0.117. The lowest BCUT2D eigenvalue weighted by Crippen LogP contribution is -2.45. The third-order valence-electron chi connectivity index (χ3n) is 5.50. The van der Waals surface area contributed by atoms with Gasteiger partial charge in [0, 0.05) is 16.8 Å². The summed E-state index contributed by atoms with van der Waals surface area (Å²) in [6, 6.07) is 20.2. The first kappa shape index (κ1) is 22.2. The Labute approximate surface area is 193 Å². The fourth-order valence-electron chi connectivity index (χ4n) is 3.97. The van der Waals surface area contributed by atoms with Crippen LogP contribution in [0.4, 0.5) is 11.4 Å². The van der Waals surface area contributed by atoms with Crippen molar-refractivity contribution in [3.05, 3.63) is 83.4 Å². The van der Waals surface area contributed by atoms with Gasteiger partial charge in [0.25, 0.3) is 10.0 Å². The van der Waals surface area contributed by atoms with Crippen molar-refractivity contribution in [3.8, 4) is 5.75 Å². The van der Waals surface area contributed by atoms with Gasteiger partial charge in [-0.05, 0) is 67.4 Å². The number of para-hydroxylation sites is 1. The van der Waals surface area contributed by atoms with Crippen molar-refractivity contribution in [2.24, 2.45) is 0 Å². The molecule has 1 aliphatic heterocycles. The summed E-state index contributed by atoms with van der Waals surface area (Å²) in [6.07, 6.45) is 0.726. The highest BCUT2D eigenvalue weighted by molar-refractivity contribution is 7.92. The molecule has 0 aliphatic carbocycles.